The van der Waals surface area contributed by atoms with Gasteiger partial charge >= 0.3 is 0 Å². The fourth-order valence-corrected chi connectivity index (χ4v) is 4.36. The number of carbonyl (C=O) groups excluding carboxylic acids is 2. The third-order valence-electron chi connectivity index (χ3n) is 6.46. The highest BCUT2D eigenvalue weighted by Gasteiger charge is 2.30. The van der Waals surface area contributed by atoms with Crippen LogP contribution in [-0.4, -0.2) is 40.9 Å². The number of halogens is 1. The molecular formula is C26H27FN2O4. The van der Waals surface area contributed by atoms with E-state index in [4.69, 9.17) is 9.47 Å². The molecule has 33 heavy (non-hydrogen) atoms. The van der Waals surface area contributed by atoms with Gasteiger partial charge in [-0.05, 0) is 31.0 Å². The van der Waals surface area contributed by atoms with Crippen LogP contribution in [0.1, 0.15) is 55.1 Å². The molecule has 1 saturated carbocycles. The van der Waals surface area contributed by atoms with Gasteiger partial charge in [-0.3, -0.25) is 14.6 Å². The molecule has 0 spiro atoms. The number of fused-ring (bicyclic) bond motifs is 1. The molecule has 0 amide bonds. The summed E-state index contributed by atoms with van der Waals surface area (Å²) >= 11 is 0. The number of H-pyrrole nitrogens is 1. The van der Waals surface area contributed by atoms with Crippen LogP contribution < -0.4 is 4.74 Å². The normalized spacial score (nSPS) is 16.8. The van der Waals surface area contributed by atoms with Gasteiger partial charge in [-0.1, -0.05) is 13.0 Å². The minimum Gasteiger partial charge on any atom is -0.487 e. The van der Waals surface area contributed by atoms with Gasteiger partial charge in [0.15, 0.2) is 17.3 Å². The Kier molecular flexibility index (Phi) is 5.98. The van der Waals surface area contributed by atoms with E-state index in [-0.39, 0.29) is 35.8 Å². The molecule has 5 rings (SSSR count). The molecule has 0 unspecified atom stereocenters. The average molecular weight is 451 g/mol. The maximum absolute atomic E-state index is 15.5. The molecule has 7 heteroatoms. The van der Waals surface area contributed by atoms with Gasteiger partial charge in [0.1, 0.15) is 11.9 Å². The van der Waals surface area contributed by atoms with E-state index < -0.39 is 5.82 Å². The summed E-state index contributed by atoms with van der Waals surface area (Å²) < 4.78 is 26.8. The number of ether oxygens (including phenoxy) is 2. The van der Waals surface area contributed by atoms with Crippen molar-refractivity contribution in [2.45, 2.75) is 51.6 Å². The second kappa shape index (κ2) is 9.06. The summed E-state index contributed by atoms with van der Waals surface area (Å²) in [5.74, 6) is -0.0277. The standard InChI is InChI=1S/C26H27FN2O4/c1-2-22(30)19-14-28-21(13-23(31)15-6-7-15)26-18(19)12-20(29-26)17-4-3-5-24(25(17)27)33-16-8-10-32-11-9-16/h3-5,12,14-16,29H,2,6-11,13H2,1H3. The SMILES string of the molecule is CCC(=O)c1cnc(CC(=O)C2CC2)c2[nH]c(-c3cccc(OC4CCOCC4)c3F)cc12. The Hall–Kier alpha value is -3.06. The second-order valence-electron chi connectivity index (χ2n) is 8.83. The molecule has 2 fully saturated rings. The summed E-state index contributed by atoms with van der Waals surface area (Å²) in [6, 6.07) is 6.85. The highest BCUT2D eigenvalue weighted by molar-refractivity contribution is 6.09. The number of aromatic amines is 1. The maximum Gasteiger partial charge on any atom is 0.174 e. The molecule has 1 aliphatic carbocycles. The summed E-state index contributed by atoms with van der Waals surface area (Å²) in [6.45, 7) is 3.01. The van der Waals surface area contributed by atoms with Crippen molar-refractivity contribution >= 4 is 22.5 Å². The lowest BCUT2D eigenvalue weighted by atomic mass is 10.0. The van der Waals surface area contributed by atoms with E-state index in [0.29, 0.717) is 53.1 Å². The van der Waals surface area contributed by atoms with Gasteiger partial charge in [0, 0.05) is 53.6 Å². The van der Waals surface area contributed by atoms with Crippen LogP contribution >= 0.6 is 0 Å². The Morgan fingerprint density at radius 3 is 2.73 bits per heavy atom. The molecule has 1 aliphatic heterocycles. The smallest absolute Gasteiger partial charge is 0.174 e. The van der Waals surface area contributed by atoms with Crippen molar-refractivity contribution in [2.75, 3.05) is 13.2 Å². The van der Waals surface area contributed by atoms with Crippen LogP contribution in [-0.2, 0) is 16.0 Å². The number of aromatic nitrogens is 2. The number of nitrogens with zero attached hydrogens (tertiary/aromatic N) is 1. The third kappa shape index (κ3) is 4.42. The van der Waals surface area contributed by atoms with E-state index in [1.807, 2.05) is 0 Å². The van der Waals surface area contributed by atoms with Gasteiger partial charge in [-0.25, -0.2) is 4.39 Å². The molecule has 1 aromatic carbocycles. The highest BCUT2D eigenvalue weighted by Crippen LogP contribution is 2.35. The number of rotatable bonds is 8. The van der Waals surface area contributed by atoms with Crippen LogP contribution in [0.5, 0.6) is 5.75 Å². The molecule has 172 valence electrons. The van der Waals surface area contributed by atoms with Gasteiger partial charge in [0.05, 0.1) is 30.8 Å². The van der Waals surface area contributed by atoms with E-state index in [1.54, 1.807) is 37.4 Å². The van der Waals surface area contributed by atoms with Gasteiger partial charge in [0.2, 0.25) is 0 Å². The molecule has 6 nitrogen and oxygen atoms in total. The molecule has 0 bridgehead atoms. The first-order chi connectivity index (χ1) is 16.0. The summed E-state index contributed by atoms with van der Waals surface area (Å²) in [4.78, 5) is 32.7. The van der Waals surface area contributed by atoms with Crippen molar-refractivity contribution < 1.29 is 23.5 Å². The Morgan fingerprint density at radius 2 is 2.00 bits per heavy atom. The molecule has 3 heterocycles. The first-order valence-electron chi connectivity index (χ1n) is 11.6. The number of pyridine rings is 1. The predicted molar refractivity (Wildman–Crippen MR) is 122 cm³/mol. The van der Waals surface area contributed by atoms with Crippen molar-refractivity contribution in [2.24, 2.45) is 5.92 Å². The minimum absolute atomic E-state index is 0.0461. The summed E-state index contributed by atoms with van der Waals surface area (Å²) in [5.41, 5.74) is 2.57. The van der Waals surface area contributed by atoms with Crippen molar-refractivity contribution in [3.05, 3.63) is 47.5 Å². The van der Waals surface area contributed by atoms with Crippen LogP contribution in [0, 0.1) is 11.7 Å². The first-order valence-corrected chi connectivity index (χ1v) is 11.6. The molecule has 0 radical (unpaired) electrons. The number of hydrogen-bond donors (Lipinski definition) is 1. The Balaban J connectivity index is 1.54. The number of Topliss-reactive ketones (excluding diaryl/α,β-unsaturated/α-hetero) is 2. The summed E-state index contributed by atoms with van der Waals surface area (Å²) in [5, 5.41) is 0.667. The first kappa shape index (κ1) is 21.8. The van der Waals surface area contributed by atoms with Crippen LogP contribution in [0.25, 0.3) is 22.2 Å². The molecular weight excluding hydrogens is 423 g/mol. The summed E-state index contributed by atoms with van der Waals surface area (Å²) in [6.07, 6.45) is 5.31. The molecule has 1 saturated heterocycles. The lowest BCUT2D eigenvalue weighted by molar-refractivity contribution is -0.119. The highest BCUT2D eigenvalue weighted by atomic mass is 19.1. The molecule has 1 N–H and O–H groups in total. The number of benzene rings is 1. The third-order valence-corrected chi connectivity index (χ3v) is 6.46. The lowest BCUT2D eigenvalue weighted by Crippen LogP contribution is -2.26. The van der Waals surface area contributed by atoms with Crippen LogP contribution in [0.2, 0.25) is 0 Å². The van der Waals surface area contributed by atoms with Gasteiger partial charge in [-0.2, -0.15) is 0 Å². The molecule has 0 atom stereocenters. The molecule has 2 aliphatic rings. The number of hydrogen-bond acceptors (Lipinski definition) is 5. The van der Waals surface area contributed by atoms with E-state index >= 15 is 4.39 Å². The fourth-order valence-electron chi connectivity index (χ4n) is 4.36. The monoisotopic (exact) mass is 450 g/mol. The van der Waals surface area contributed by atoms with Crippen LogP contribution in [0.3, 0.4) is 0 Å². The Labute approximate surface area is 191 Å². The van der Waals surface area contributed by atoms with Crippen LogP contribution in [0.15, 0.2) is 30.5 Å². The summed E-state index contributed by atoms with van der Waals surface area (Å²) in [7, 11) is 0. The Morgan fingerprint density at radius 1 is 1.21 bits per heavy atom. The minimum atomic E-state index is -0.456. The van der Waals surface area contributed by atoms with Crippen molar-refractivity contribution in [3.63, 3.8) is 0 Å². The number of ketones is 2. The van der Waals surface area contributed by atoms with E-state index in [2.05, 4.69) is 9.97 Å². The van der Waals surface area contributed by atoms with Crippen molar-refractivity contribution in [3.8, 4) is 17.0 Å². The quantitative estimate of drug-likeness (QED) is 0.486. The Bertz CT molecular complexity index is 1210. The fraction of sp³-hybridized carbons (Fsp3) is 0.423. The zero-order valence-corrected chi connectivity index (χ0v) is 18.7. The number of carbonyl (C=O) groups is 2. The topological polar surface area (TPSA) is 81.3 Å². The zero-order chi connectivity index (χ0) is 22.9. The van der Waals surface area contributed by atoms with Crippen LogP contribution in [0.4, 0.5) is 4.39 Å². The van der Waals surface area contributed by atoms with Crippen molar-refractivity contribution in [1.29, 1.82) is 0 Å². The zero-order valence-electron chi connectivity index (χ0n) is 18.7. The largest absolute Gasteiger partial charge is 0.487 e. The lowest BCUT2D eigenvalue weighted by Gasteiger charge is -2.23. The van der Waals surface area contributed by atoms with Gasteiger partial charge in [-0.15, -0.1) is 0 Å². The second-order valence-corrected chi connectivity index (χ2v) is 8.83. The van der Waals surface area contributed by atoms with E-state index in [9.17, 15) is 9.59 Å². The molecule has 3 aromatic rings. The van der Waals surface area contributed by atoms with Gasteiger partial charge in [0.25, 0.3) is 0 Å². The van der Waals surface area contributed by atoms with E-state index in [0.717, 1.165) is 25.7 Å². The maximum atomic E-state index is 15.5. The molecule has 2 aromatic heterocycles. The van der Waals surface area contributed by atoms with Gasteiger partial charge < -0.3 is 14.5 Å². The number of nitrogens with one attached hydrogen (secondary N) is 1. The van der Waals surface area contributed by atoms with Crippen molar-refractivity contribution in [1.82, 2.24) is 9.97 Å². The average Bonchev–Trinajstić information content (AvgIpc) is 3.59. The van der Waals surface area contributed by atoms with E-state index in [1.165, 1.54) is 0 Å². The predicted octanol–water partition coefficient (Wildman–Crippen LogP) is 5.04.